The summed E-state index contributed by atoms with van der Waals surface area (Å²) < 4.78 is 0. The molecule has 0 bridgehead atoms. The summed E-state index contributed by atoms with van der Waals surface area (Å²) >= 11 is 0. The SMILES string of the molecule is CCC(C)C(NC(=O)C(NC(=O)C(N)CC(=O)O)C(C)C)C(=O)O. The van der Waals surface area contributed by atoms with Gasteiger partial charge in [-0.25, -0.2) is 4.79 Å². The van der Waals surface area contributed by atoms with E-state index in [1.165, 1.54) is 0 Å². The number of carboxylic acid groups (broad SMARTS) is 2. The standard InChI is InChI=1S/C15H27N3O6/c1-5-8(4)12(15(23)24)18-14(22)11(7(2)3)17-13(21)9(16)6-10(19)20/h7-9,11-12H,5-6,16H2,1-4H3,(H,17,21)(H,18,22)(H,19,20)(H,23,24). The highest BCUT2D eigenvalue weighted by atomic mass is 16.4. The minimum absolute atomic E-state index is 0.288. The summed E-state index contributed by atoms with van der Waals surface area (Å²) in [5.41, 5.74) is 5.47. The number of carbonyl (C=O) groups is 4. The Kier molecular flexibility index (Phi) is 8.97. The van der Waals surface area contributed by atoms with Gasteiger partial charge < -0.3 is 26.6 Å². The van der Waals surface area contributed by atoms with Crippen molar-refractivity contribution in [2.45, 2.75) is 58.7 Å². The van der Waals surface area contributed by atoms with Crippen molar-refractivity contribution >= 4 is 23.8 Å². The smallest absolute Gasteiger partial charge is 0.326 e. The van der Waals surface area contributed by atoms with E-state index in [1.807, 2.05) is 0 Å². The quantitative estimate of drug-likeness (QED) is 0.358. The normalized spacial score (nSPS) is 15.9. The zero-order valence-electron chi connectivity index (χ0n) is 14.4. The lowest BCUT2D eigenvalue weighted by Gasteiger charge is -2.27. The van der Waals surface area contributed by atoms with E-state index in [0.29, 0.717) is 6.42 Å². The molecule has 0 aliphatic rings. The lowest BCUT2D eigenvalue weighted by atomic mass is 9.97. The van der Waals surface area contributed by atoms with E-state index in [-0.39, 0.29) is 11.8 Å². The molecule has 0 saturated heterocycles. The first-order valence-electron chi connectivity index (χ1n) is 7.82. The van der Waals surface area contributed by atoms with Gasteiger partial charge in [-0.15, -0.1) is 0 Å². The minimum atomic E-state index is -1.29. The molecule has 4 unspecified atom stereocenters. The zero-order valence-corrected chi connectivity index (χ0v) is 14.4. The second-order valence-corrected chi connectivity index (χ2v) is 6.14. The third-order valence-electron chi connectivity index (χ3n) is 3.75. The Morgan fingerprint density at radius 2 is 1.46 bits per heavy atom. The van der Waals surface area contributed by atoms with E-state index in [2.05, 4.69) is 10.6 Å². The summed E-state index contributed by atoms with van der Waals surface area (Å²) in [6.07, 6.45) is -0.0116. The van der Waals surface area contributed by atoms with Gasteiger partial charge in [0.2, 0.25) is 11.8 Å². The number of nitrogens with two attached hydrogens (primary N) is 1. The molecular formula is C15H27N3O6. The van der Waals surface area contributed by atoms with Crippen LogP contribution in [0.4, 0.5) is 0 Å². The van der Waals surface area contributed by atoms with Crippen molar-refractivity contribution in [3.8, 4) is 0 Å². The van der Waals surface area contributed by atoms with Crippen molar-refractivity contribution in [2.24, 2.45) is 17.6 Å². The number of hydrogen-bond donors (Lipinski definition) is 5. The Balaban J connectivity index is 5.04. The first-order chi connectivity index (χ1) is 11.0. The molecular weight excluding hydrogens is 318 g/mol. The highest BCUT2D eigenvalue weighted by Gasteiger charge is 2.32. The Morgan fingerprint density at radius 3 is 1.83 bits per heavy atom. The fourth-order valence-electron chi connectivity index (χ4n) is 2.00. The van der Waals surface area contributed by atoms with Crippen LogP contribution in [0, 0.1) is 11.8 Å². The summed E-state index contributed by atoms with van der Waals surface area (Å²) in [4.78, 5) is 46.1. The maximum Gasteiger partial charge on any atom is 0.326 e. The van der Waals surface area contributed by atoms with Crippen LogP contribution in [-0.2, 0) is 19.2 Å². The Bertz CT molecular complexity index is 480. The molecule has 0 aliphatic carbocycles. The van der Waals surface area contributed by atoms with E-state index in [4.69, 9.17) is 10.8 Å². The van der Waals surface area contributed by atoms with Crippen molar-refractivity contribution in [2.75, 3.05) is 0 Å². The molecule has 24 heavy (non-hydrogen) atoms. The highest BCUT2D eigenvalue weighted by Crippen LogP contribution is 2.10. The molecule has 0 saturated carbocycles. The van der Waals surface area contributed by atoms with E-state index in [0.717, 1.165) is 0 Å². The van der Waals surface area contributed by atoms with E-state index >= 15 is 0 Å². The number of carboxylic acids is 2. The maximum absolute atomic E-state index is 12.4. The minimum Gasteiger partial charge on any atom is -0.481 e. The maximum atomic E-state index is 12.4. The molecule has 6 N–H and O–H groups in total. The summed E-state index contributed by atoms with van der Waals surface area (Å²) in [6.45, 7) is 6.85. The van der Waals surface area contributed by atoms with Crippen molar-refractivity contribution in [3.63, 3.8) is 0 Å². The summed E-state index contributed by atoms with van der Waals surface area (Å²) in [5, 5.41) is 22.7. The first kappa shape index (κ1) is 21.8. The molecule has 0 radical (unpaired) electrons. The van der Waals surface area contributed by atoms with E-state index in [1.54, 1.807) is 27.7 Å². The highest BCUT2D eigenvalue weighted by molar-refractivity contribution is 5.93. The molecule has 9 heteroatoms. The van der Waals surface area contributed by atoms with Crippen molar-refractivity contribution in [1.29, 1.82) is 0 Å². The van der Waals surface area contributed by atoms with Gasteiger partial charge in [-0.3, -0.25) is 14.4 Å². The molecule has 2 amide bonds. The molecule has 0 rings (SSSR count). The van der Waals surface area contributed by atoms with Gasteiger partial charge in [0.15, 0.2) is 0 Å². The number of aliphatic carboxylic acids is 2. The van der Waals surface area contributed by atoms with Crippen LogP contribution in [0.3, 0.4) is 0 Å². The van der Waals surface area contributed by atoms with Crippen molar-refractivity contribution < 1.29 is 29.4 Å². The topological polar surface area (TPSA) is 159 Å². The Morgan fingerprint density at radius 1 is 0.958 bits per heavy atom. The molecule has 4 atom stereocenters. The van der Waals surface area contributed by atoms with Crippen LogP contribution >= 0.6 is 0 Å². The molecule has 0 spiro atoms. The van der Waals surface area contributed by atoms with E-state index < -0.39 is 48.3 Å². The second kappa shape index (κ2) is 9.86. The molecule has 0 aromatic heterocycles. The lowest BCUT2D eigenvalue weighted by Crippen LogP contribution is -2.57. The van der Waals surface area contributed by atoms with Crippen LogP contribution in [0.5, 0.6) is 0 Å². The van der Waals surface area contributed by atoms with Gasteiger partial charge in [0.25, 0.3) is 0 Å². The number of carbonyl (C=O) groups excluding carboxylic acids is 2. The second-order valence-electron chi connectivity index (χ2n) is 6.14. The number of amides is 2. The van der Waals surface area contributed by atoms with Gasteiger partial charge in [0, 0.05) is 0 Å². The van der Waals surface area contributed by atoms with Crippen molar-refractivity contribution in [3.05, 3.63) is 0 Å². The molecule has 0 heterocycles. The largest absolute Gasteiger partial charge is 0.481 e. The average Bonchev–Trinajstić information content (AvgIpc) is 2.47. The van der Waals surface area contributed by atoms with Gasteiger partial charge in [0.05, 0.1) is 12.5 Å². The summed E-state index contributed by atoms with van der Waals surface area (Å²) in [7, 11) is 0. The fraction of sp³-hybridized carbons (Fsp3) is 0.733. The number of rotatable bonds is 10. The molecule has 0 aliphatic heterocycles. The first-order valence-corrected chi connectivity index (χ1v) is 7.82. The molecule has 0 fully saturated rings. The molecule has 9 nitrogen and oxygen atoms in total. The number of hydrogen-bond acceptors (Lipinski definition) is 5. The van der Waals surface area contributed by atoms with Gasteiger partial charge in [-0.05, 0) is 11.8 Å². The van der Waals surface area contributed by atoms with Gasteiger partial charge in [-0.2, -0.15) is 0 Å². The van der Waals surface area contributed by atoms with Crippen LogP contribution in [0.1, 0.15) is 40.5 Å². The third kappa shape index (κ3) is 6.95. The predicted molar refractivity (Wildman–Crippen MR) is 86.0 cm³/mol. The van der Waals surface area contributed by atoms with Gasteiger partial charge in [-0.1, -0.05) is 34.1 Å². The average molecular weight is 345 g/mol. The predicted octanol–water partition coefficient (Wildman–Crippen LogP) is -0.455. The zero-order chi connectivity index (χ0) is 19.0. The van der Waals surface area contributed by atoms with Gasteiger partial charge in [0.1, 0.15) is 12.1 Å². The monoisotopic (exact) mass is 345 g/mol. The fourth-order valence-corrected chi connectivity index (χ4v) is 2.00. The molecule has 138 valence electrons. The van der Waals surface area contributed by atoms with Crippen LogP contribution in [-0.4, -0.2) is 52.1 Å². The summed E-state index contributed by atoms with van der Waals surface area (Å²) in [6, 6.07) is -3.38. The Labute approximate surface area is 141 Å². The van der Waals surface area contributed by atoms with Crippen LogP contribution in [0.2, 0.25) is 0 Å². The van der Waals surface area contributed by atoms with Crippen molar-refractivity contribution in [1.82, 2.24) is 10.6 Å². The van der Waals surface area contributed by atoms with Crippen LogP contribution < -0.4 is 16.4 Å². The molecule has 0 aromatic carbocycles. The van der Waals surface area contributed by atoms with E-state index in [9.17, 15) is 24.3 Å². The van der Waals surface area contributed by atoms with Gasteiger partial charge >= 0.3 is 11.9 Å². The lowest BCUT2D eigenvalue weighted by molar-refractivity contribution is -0.144. The Hall–Kier alpha value is -2.16. The third-order valence-corrected chi connectivity index (χ3v) is 3.75. The molecule has 0 aromatic rings. The number of nitrogens with one attached hydrogen (secondary N) is 2. The van der Waals surface area contributed by atoms with Crippen LogP contribution in [0.15, 0.2) is 0 Å². The summed E-state index contributed by atoms with van der Waals surface area (Å²) in [5.74, 6) is -4.43. The van der Waals surface area contributed by atoms with Crippen LogP contribution in [0.25, 0.3) is 0 Å².